The van der Waals surface area contributed by atoms with E-state index in [0.717, 1.165) is 37.3 Å². The molecule has 4 heteroatoms. The van der Waals surface area contributed by atoms with E-state index in [0.29, 0.717) is 6.42 Å². The molecule has 92 valence electrons. The van der Waals surface area contributed by atoms with Crippen molar-refractivity contribution in [2.45, 2.75) is 13.0 Å². The molecule has 1 saturated heterocycles. The summed E-state index contributed by atoms with van der Waals surface area (Å²) in [5, 5.41) is 12.3. The lowest BCUT2D eigenvalue weighted by Gasteiger charge is -2.27. The number of aliphatic hydroxyl groups excluding tert-OH is 1. The lowest BCUT2D eigenvalue weighted by molar-refractivity contribution is -0.131. The molecule has 0 aliphatic carbocycles. The Hall–Kier alpha value is -1.39. The van der Waals surface area contributed by atoms with Crippen LogP contribution in [0.4, 0.5) is 0 Å². The van der Waals surface area contributed by atoms with Crippen LogP contribution >= 0.6 is 0 Å². The van der Waals surface area contributed by atoms with Gasteiger partial charge in [-0.1, -0.05) is 24.3 Å². The number of nitrogens with zero attached hydrogens (tertiary/aromatic N) is 1. The molecule has 0 spiro atoms. The number of hydrogen-bond acceptors (Lipinski definition) is 3. The van der Waals surface area contributed by atoms with Crippen molar-refractivity contribution in [1.82, 2.24) is 10.2 Å². The van der Waals surface area contributed by atoms with Gasteiger partial charge in [-0.15, -0.1) is 0 Å². The minimum atomic E-state index is 0.0235. The van der Waals surface area contributed by atoms with Crippen molar-refractivity contribution in [3.8, 4) is 0 Å². The largest absolute Gasteiger partial charge is 0.392 e. The van der Waals surface area contributed by atoms with Gasteiger partial charge in [0.25, 0.3) is 0 Å². The maximum absolute atomic E-state index is 12.0. The minimum Gasteiger partial charge on any atom is -0.392 e. The highest BCUT2D eigenvalue weighted by atomic mass is 16.3. The number of rotatable bonds is 3. The summed E-state index contributed by atoms with van der Waals surface area (Å²) in [6.07, 6.45) is 0.424. The van der Waals surface area contributed by atoms with Crippen molar-refractivity contribution in [2.75, 3.05) is 26.2 Å². The Balaban J connectivity index is 1.96. The van der Waals surface area contributed by atoms with E-state index in [1.54, 1.807) is 0 Å². The van der Waals surface area contributed by atoms with Crippen LogP contribution in [0, 0.1) is 0 Å². The third kappa shape index (κ3) is 3.28. The van der Waals surface area contributed by atoms with Crippen LogP contribution < -0.4 is 5.32 Å². The molecule has 1 aromatic rings. The topological polar surface area (TPSA) is 52.6 Å². The molecule has 4 nitrogen and oxygen atoms in total. The van der Waals surface area contributed by atoms with Crippen LogP contribution in [0.3, 0.4) is 0 Å². The van der Waals surface area contributed by atoms with Crippen LogP contribution in [0.1, 0.15) is 11.1 Å². The molecule has 0 unspecified atom stereocenters. The number of nitrogens with one attached hydrogen (secondary N) is 1. The number of benzene rings is 1. The quantitative estimate of drug-likeness (QED) is 0.783. The van der Waals surface area contributed by atoms with E-state index in [-0.39, 0.29) is 12.5 Å². The molecule has 0 atom stereocenters. The van der Waals surface area contributed by atoms with Crippen LogP contribution in [-0.4, -0.2) is 42.1 Å². The maximum Gasteiger partial charge on any atom is 0.227 e. The third-order valence-corrected chi connectivity index (χ3v) is 3.00. The Morgan fingerprint density at radius 2 is 2.00 bits per heavy atom. The molecule has 0 aromatic heterocycles. The van der Waals surface area contributed by atoms with Gasteiger partial charge < -0.3 is 15.3 Å². The highest BCUT2D eigenvalue weighted by Gasteiger charge is 2.16. The van der Waals surface area contributed by atoms with Crippen LogP contribution in [0.5, 0.6) is 0 Å². The van der Waals surface area contributed by atoms with Gasteiger partial charge in [0.05, 0.1) is 13.0 Å². The minimum absolute atomic E-state index is 0.0235. The molecule has 2 N–H and O–H groups in total. The van der Waals surface area contributed by atoms with Gasteiger partial charge in [0.15, 0.2) is 0 Å². The zero-order chi connectivity index (χ0) is 12.1. The van der Waals surface area contributed by atoms with Crippen molar-refractivity contribution in [3.63, 3.8) is 0 Å². The molecule has 0 radical (unpaired) electrons. The first kappa shape index (κ1) is 12.1. The van der Waals surface area contributed by atoms with Crippen molar-refractivity contribution in [2.24, 2.45) is 0 Å². The van der Waals surface area contributed by atoms with Gasteiger partial charge in [0.1, 0.15) is 0 Å². The number of hydrogen-bond donors (Lipinski definition) is 2. The standard InChI is InChI=1S/C13H18N2O2/c16-10-12-3-1-2-11(8-12)9-13(17)15-6-4-14-5-7-15/h1-3,8,14,16H,4-7,9-10H2. The molecule has 1 fully saturated rings. The van der Waals surface area contributed by atoms with E-state index in [9.17, 15) is 4.79 Å². The molecular weight excluding hydrogens is 216 g/mol. The summed E-state index contributed by atoms with van der Waals surface area (Å²) in [5.41, 5.74) is 1.83. The Morgan fingerprint density at radius 1 is 1.29 bits per heavy atom. The average Bonchev–Trinajstić information content (AvgIpc) is 2.40. The van der Waals surface area contributed by atoms with E-state index in [2.05, 4.69) is 5.32 Å². The van der Waals surface area contributed by atoms with Gasteiger partial charge in [-0.3, -0.25) is 4.79 Å². The first-order valence-electron chi connectivity index (χ1n) is 5.97. The summed E-state index contributed by atoms with van der Waals surface area (Å²) < 4.78 is 0. The number of piperazine rings is 1. The van der Waals surface area contributed by atoms with Crippen molar-refractivity contribution in [1.29, 1.82) is 0 Å². The monoisotopic (exact) mass is 234 g/mol. The van der Waals surface area contributed by atoms with E-state index in [1.807, 2.05) is 29.2 Å². The van der Waals surface area contributed by atoms with Gasteiger partial charge in [-0.25, -0.2) is 0 Å². The van der Waals surface area contributed by atoms with Crippen LogP contribution in [0.2, 0.25) is 0 Å². The van der Waals surface area contributed by atoms with Crippen molar-refractivity contribution in [3.05, 3.63) is 35.4 Å². The first-order chi connectivity index (χ1) is 8.29. The van der Waals surface area contributed by atoms with E-state index in [1.165, 1.54) is 0 Å². The molecule has 1 aliphatic heterocycles. The Bertz CT molecular complexity index is 387. The Kier molecular flexibility index (Phi) is 4.12. The zero-order valence-electron chi connectivity index (χ0n) is 9.85. The van der Waals surface area contributed by atoms with Crippen LogP contribution in [0.15, 0.2) is 24.3 Å². The van der Waals surface area contributed by atoms with Crippen molar-refractivity contribution >= 4 is 5.91 Å². The smallest absolute Gasteiger partial charge is 0.227 e. The predicted octanol–water partition coefficient (Wildman–Crippen LogP) is 0.153. The highest BCUT2D eigenvalue weighted by Crippen LogP contribution is 2.08. The second kappa shape index (κ2) is 5.80. The molecule has 1 heterocycles. The SMILES string of the molecule is O=C(Cc1cccc(CO)c1)N1CCNCC1. The van der Waals surface area contributed by atoms with Gasteiger partial charge in [-0.2, -0.15) is 0 Å². The van der Waals surface area contributed by atoms with Crippen molar-refractivity contribution < 1.29 is 9.90 Å². The normalized spacial score (nSPS) is 15.9. The average molecular weight is 234 g/mol. The van der Waals surface area contributed by atoms with Gasteiger partial charge >= 0.3 is 0 Å². The van der Waals surface area contributed by atoms with Gasteiger partial charge in [0, 0.05) is 26.2 Å². The molecule has 1 aromatic carbocycles. The summed E-state index contributed by atoms with van der Waals surface area (Å²) in [6.45, 7) is 3.36. The molecular formula is C13H18N2O2. The number of amides is 1. The summed E-state index contributed by atoms with van der Waals surface area (Å²) >= 11 is 0. The molecule has 17 heavy (non-hydrogen) atoms. The van der Waals surface area contributed by atoms with Crippen LogP contribution in [-0.2, 0) is 17.8 Å². The van der Waals surface area contributed by atoms with Crippen LogP contribution in [0.25, 0.3) is 0 Å². The summed E-state index contributed by atoms with van der Waals surface area (Å²) in [5.74, 6) is 0.168. The Morgan fingerprint density at radius 3 is 2.71 bits per heavy atom. The number of aliphatic hydroxyl groups is 1. The molecule has 0 saturated carbocycles. The molecule has 1 amide bonds. The zero-order valence-corrected chi connectivity index (χ0v) is 9.85. The lowest BCUT2D eigenvalue weighted by atomic mass is 10.1. The van der Waals surface area contributed by atoms with Gasteiger partial charge in [0.2, 0.25) is 5.91 Å². The highest BCUT2D eigenvalue weighted by molar-refractivity contribution is 5.78. The van der Waals surface area contributed by atoms with Gasteiger partial charge in [-0.05, 0) is 11.1 Å². The lowest BCUT2D eigenvalue weighted by Crippen LogP contribution is -2.46. The predicted molar refractivity (Wildman–Crippen MR) is 65.5 cm³/mol. The van der Waals surface area contributed by atoms with E-state index >= 15 is 0 Å². The summed E-state index contributed by atoms with van der Waals surface area (Å²) in [6, 6.07) is 7.56. The molecule has 1 aliphatic rings. The number of carbonyl (C=O) groups excluding carboxylic acids is 1. The first-order valence-corrected chi connectivity index (χ1v) is 5.97. The fourth-order valence-corrected chi connectivity index (χ4v) is 2.04. The summed E-state index contributed by atoms with van der Waals surface area (Å²) in [4.78, 5) is 13.9. The summed E-state index contributed by atoms with van der Waals surface area (Å²) in [7, 11) is 0. The second-order valence-corrected chi connectivity index (χ2v) is 4.29. The fraction of sp³-hybridized carbons (Fsp3) is 0.462. The fourth-order valence-electron chi connectivity index (χ4n) is 2.04. The third-order valence-electron chi connectivity index (χ3n) is 3.00. The Labute approximate surface area is 101 Å². The molecule has 0 bridgehead atoms. The number of carbonyl (C=O) groups is 1. The second-order valence-electron chi connectivity index (χ2n) is 4.29. The van der Waals surface area contributed by atoms with E-state index in [4.69, 9.17) is 5.11 Å². The maximum atomic E-state index is 12.0. The molecule has 2 rings (SSSR count). The van der Waals surface area contributed by atoms with E-state index < -0.39 is 0 Å².